The van der Waals surface area contributed by atoms with Crippen LogP contribution in [0, 0.1) is 5.82 Å². The quantitative estimate of drug-likeness (QED) is 0.825. The van der Waals surface area contributed by atoms with Crippen molar-refractivity contribution in [1.29, 1.82) is 0 Å². The highest BCUT2D eigenvalue weighted by Crippen LogP contribution is 2.18. The summed E-state index contributed by atoms with van der Waals surface area (Å²) in [6.07, 6.45) is 1.56. The second-order valence-electron chi connectivity index (χ2n) is 4.10. The number of aliphatic hydroxyl groups is 1. The molecule has 0 bridgehead atoms. The molecule has 0 saturated carbocycles. The average Bonchev–Trinajstić information content (AvgIpc) is 2.77. The van der Waals surface area contributed by atoms with E-state index in [2.05, 4.69) is 10.3 Å². The Balaban J connectivity index is 1.90. The van der Waals surface area contributed by atoms with Crippen molar-refractivity contribution in [2.45, 2.75) is 11.8 Å². The molecule has 106 valence electrons. The van der Waals surface area contributed by atoms with Gasteiger partial charge >= 0.3 is 0 Å². The lowest BCUT2D eigenvalue weighted by atomic mass is 10.3. The van der Waals surface area contributed by atoms with Gasteiger partial charge in [-0.2, -0.15) is 0 Å². The molecule has 0 aliphatic rings. The molecule has 5 nitrogen and oxygen atoms in total. The van der Waals surface area contributed by atoms with Crippen LogP contribution in [0.4, 0.5) is 10.1 Å². The Kier molecular flexibility index (Phi) is 4.75. The van der Waals surface area contributed by atoms with Gasteiger partial charge in [-0.05, 0) is 18.2 Å². The van der Waals surface area contributed by atoms with Gasteiger partial charge < -0.3 is 15.0 Å². The van der Waals surface area contributed by atoms with Crippen LogP contribution in [0.5, 0.6) is 0 Å². The number of carbonyl (C=O) groups is 1. The Morgan fingerprint density at radius 2 is 2.35 bits per heavy atom. The highest BCUT2D eigenvalue weighted by atomic mass is 32.2. The van der Waals surface area contributed by atoms with Gasteiger partial charge in [0.25, 0.3) is 0 Å². The Bertz CT molecular complexity index is 615. The zero-order valence-corrected chi connectivity index (χ0v) is 11.7. The predicted octanol–water partition coefficient (Wildman–Crippen LogP) is 1.78. The number of anilines is 1. The third-order valence-corrected chi connectivity index (χ3v) is 3.69. The van der Waals surface area contributed by atoms with Gasteiger partial charge in [0.2, 0.25) is 5.91 Å². The molecule has 0 aliphatic heterocycles. The first-order valence-electron chi connectivity index (χ1n) is 5.90. The number of hydrogen-bond donors (Lipinski definition) is 2. The molecule has 1 aromatic heterocycles. The first-order valence-corrected chi connectivity index (χ1v) is 6.88. The predicted molar refractivity (Wildman–Crippen MR) is 74.9 cm³/mol. The van der Waals surface area contributed by atoms with E-state index in [-0.39, 0.29) is 18.3 Å². The van der Waals surface area contributed by atoms with E-state index in [1.54, 1.807) is 23.9 Å². The molecule has 0 spiro atoms. The Morgan fingerprint density at radius 1 is 1.55 bits per heavy atom. The molecule has 2 aromatic rings. The Morgan fingerprint density at radius 3 is 3.00 bits per heavy atom. The fourth-order valence-corrected chi connectivity index (χ4v) is 2.37. The Labute approximate surface area is 119 Å². The van der Waals surface area contributed by atoms with Gasteiger partial charge in [-0.15, -0.1) is 0 Å². The molecular weight excluding hydrogens is 281 g/mol. The second-order valence-corrected chi connectivity index (χ2v) is 5.04. The van der Waals surface area contributed by atoms with Crippen LogP contribution in [0.1, 0.15) is 5.69 Å². The minimum absolute atomic E-state index is 0.0977. The molecule has 0 aliphatic carbocycles. The highest BCUT2D eigenvalue weighted by Gasteiger charge is 2.09. The number of rotatable bonds is 5. The fourth-order valence-electron chi connectivity index (χ4n) is 1.60. The molecule has 20 heavy (non-hydrogen) atoms. The molecule has 2 rings (SSSR count). The number of carbonyl (C=O) groups excluding carboxylic acids is 1. The topological polar surface area (TPSA) is 67.1 Å². The zero-order chi connectivity index (χ0) is 14.5. The van der Waals surface area contributed by atoms with E-state index in [4.69, 9.17) is 5.11 Å². The lowest BCUT2D eigenvalue weighted by Crippen LogP contribution is -2.14. The molecule has 1 aromatic carbocycles. The van der Waals surface area contributed by atoms with Gasteiger partial charge in [0.15, 0.2) is 5.16 Å². The van der Waals surface area contributed by atoms with E-state index in [1.165, 1.54) is 30.0 Å². The van der Waals surface area contributed by atoms with Crippen LogP contribution in [0.15, 0.2) is 35.6 Å². The van der Waals surface area contributed by atoms with Crippen molar-refractivity contribution >= 4 is 23.4 Å². The number of amides is 1. The van der Waals surface area contributed by atoms with Crippen LogP contribution in [0.25, 0.3) is 0 Å². The van der Waals surface area contributed by atoms with Crippen molar-refractivity contribution in [1.82, 2.24) is 9.55 Å². The summed E-state index contributed by atoms with van der Waals surface area (Å²) >= 11 is 1.25. The Hall–Kier alpha value is -1.86. The van der Waals surface area contributed by atoms with Crippen LogP contribution in [-0.2, 0) is 18.4 Å². The van der Waals surface area contributed by atoms with Gasteiger partial charge in [0.1, 0.15) is 5.82 Å². The summed E-state index contributed by atoms with van der Waals surface area (Å²) in [4.78, 5) is 15.8. The summed E-state index contributed by atoms with van der Waals surface area (Å²) in [6.45, 7) is -0.0977. The zero-order valence-electron chi connectivity index (χ0n) is 10.8. The van der Waals surface area contributed by atoms with E-state index in [0.717, 1.165) is 0 Å². The summed E-state index contributed by atoms with van der Waals surface area (Å²) in [5.41, 5.74) is 1.10. The lowest BCUT2D eigenvalue weighted by molar-refractivity contribution is -0.113. The number of thioether (sulfide) groups is 1. The standard InChI is InChI=1S/C13H14FN3O2S/c1-17-11(7-18)6-15-13(17)20-8-12(19)16-10-4-2-3-9(14)5-10/h2-6,18H,7-8H2,1H3,(H,16,19). The number of imidazole rings is 1. The molecule has 0 saturated heterocycles. The SMILES string of the molecule is Cn1c(CO)cnc1SCC(=O)Nc1cccc(F)c1. The van der Waals surface area contributed by atoms with Crippen molar-refractivity contribution in [3.05, 3.63) is 42.0 Å². The summed E-state index contributed by atoms with van der Waals surface area (Å²) < 4.78 is 14.7. The molecule has 0 fully saturated rings. The third-order valence-electron chi connectivity index (χ3n) is 2.64. The normalized spacial score (nSPS) is 10.6. The van der Waals surface area contributed by atoms with Gasteiger partial charge in [-0.25, -0.2) is 9.37 Å². The minimum atomic E-state index is -0.396. The first kappa shape index (κ1) is 14.5. The van der Waals surface area contributed by atoms with Crippen LogP contribution in [0.2, 0.25) is 0 Å². The van der Waals surface area contributed by atoms with Gasteiger partial charge in [-0.3, -0.25) is 4.79 Å². The lowest BCUT2D eigenvalue weighted by Gasteiger charge is -2.06. The average molecular weight is 295 g/mol. The molecule has 0 unspecified atom stereocenters. The van der Waals surface area contributed by atoms with Gasteiger partial charge in [0, 0.05) is 12.7 Å². The van der Waals surface area contributed by atoms with Crippen molar-refractivity contribution in [3.8, 4) is 0 Å². The van der Waals surface area contributed by atoms with E-state index in [1.807, 2.05) is 0 Å². The maximum Gasteiger partial charge on any atom is 0.234 e. The minimum Gasteiger partial charge on any atom is -0.390 e. The molecule has 0 radical (unpaired) electrons. The highest BCUT2D eigenvalue weighted by molar-refractivity contribution is 7.99. The summed E-state index contributed by atoms with van der Waals surface area (Å²) in [5, 5.41) is 12.3. The van der Waals surface area contributed by atoms with Gasteiger partial charge in [0.05, 0.1) is 24.3 Å². The molecule has 0 atom stereocenters. The van der Waals surface area contributed by atoms with E-state index >= 15 is 0 Å². The van der Waals surface area contributed by atoms with Crippen molar-refractivity contribution in [2.24, 2.45) is 7.05 Å². The number of nitrogens with one attached hydrogen (secondary N) is 1. The van der Waals surface area contributed by atoms with Crippen molar-refractivity contribution in [3.63, 3.8) is 0 Å². The summed E-state index contributed by atoms with van der Waals surface area (Å²) in [6, 6.07) is 5.72. The van der Waals surface area contributed by atoms with E-state index in [0.29, 0.717) is 16.5 Å². The number of halogens is 1. The van der Waals surface area contributed by atoms with Crippen molar-refractivity contribution in [2.75, 3.05) is 11.1 Å². The van der Waals surface area contributed by atoms with Crippen LogP contribution in [-0.4, -0.2) is 26.3 Å². The van der Waals surface area contributed by atoms with Crippen LogP contribution >= 0.6 is 11.8 Å². The number of benzene rings is 1. The fraction of sp³-hybridized carbons (Fsp3) is 0.231. The van der Waals surface area contributed by atoms with Crippen LogP contribution in [0.3, 0.4) is 0 Å². The van der Waals surface area contributed by atoms with E-state index < -0.39 is 5.82 Å². The monoisotopic (exact) mass is 295 g/mol. The van der Waals surface area contributed by atoms with E-state index in [9.17, 15) is 9.18 Å². The van der Waals surface area contributed by atoms with Crippen LogP contribution < -0.4 is 5.32 Å². The molecule has 7 heteroatoms. The maximum atomic E-state index is 13.0. The number of aromatic nitrogens is 2. The summed E-state index contributed by atoms with van der Waals surface area (Å²) in [7, 11) is 1.77. The molecule has 1 heterocycles. The number of hydrogen-bond acceptors (Lipinski definition) is 4. The maximum absolute atomic E-state index is 13.0. The smallest absolute Gasteiger partial charge is 0.234 e. The molecule has 1 amide bonds. The third kappa shape index (κ3) is 3.58. The van der Waals surface area contributed by atoms with Crippen molar-refractivity contribution < 1.29 is 14.3 Å². The molecular formula is C13H14FN3O2S. The summed E-state index contributed by atoms with van der Waals surface area (Å²) in [5.74, 6) is -0.479. The first-order chi connectivity index (χ1) is 9.60. The number of nitrogens with zero attached hydrogens (tertiary/aromatic N) is 2. The largest absolute Gasteiger partial charge is 0.390 e. The second kappa shape index (κ2) is 6.53. The van der Waals surface area contributed by atoms with Gasteiger partial charge in [-0.1, -0.05) is 17.8 Å². The number of aliphatic hydroxyl groups excluding tert-OH is 1. The molecule has 2 N–H and O–H groups in total.